The van der Waals surface area contributed by atoms with Gasteiger partial charge in [-0.1, -0.05) is 0 Å². The Kier molecular flexibility index (Phi) is 2.30. The summed E-state index contributed by atoms with van der Waals surface area (Å²) in [5.41, 5.74) is 6.61. The summed E-state index contributed by atoms with van der Waals surface area (Å²) in [5.74, 6) is 0. The van der Waals surface area contributed by atoms with Crippen LogP contribution in [0.15, 0.2) is 18.5 Å². The monoisotopic (exact) mass is 227 g/mol. The molecule has 5 nitrogen and oxygen atoms in total. The van der Waals surface area contributed by atoms with E-state index in [1.54, 1.807) is 6.07 Å². The maximum Gasteiger partial charge on any atom is 0.232 e. The Morgan fingerprint density at radius 2 is 2.13 bits per heavy atom. The first-order chi connectivity index (χ1) is 6.98. The number of rotatable bonds is 3. The van der Waals surface area contributed by atoms with E-state index in [9.17, 15) is 8.42 Å². The second kappa shape index (κ2) is 3.37. The minimum atomic E-state index is -3.23. The van der Waals surface area contributed by atoms with Crippen LogP contribution in [0.25, 0.3) is 0 Å². The summed E-state index contributed by atoms with van der Waals surface area (Å²) in [6, 6.07) is 1.72. The Morgan fingerprint density at radius 1 is 1.47 bits per heavy atom. The zero-order chi connectivity index (χ0) is 11.1. The van der Waals surface area contributed by atoms with E-state index in [0.717, 1.165) is 12.8 Å². The fourth-order valence-corrected chi connectivity index (χ4v) is 2.78. The topological polar surface area (TPSA) is 76.3 Å². The van der Waals surface area contributed by atoms with E-state index in [0.29, 0.717) is 11.4 Å². The lowest BCUT2D eigenvalue weighted by atomic mass is 10.4. The third kappa shape index (κ3) is 2.20. The summed E-state index contributed by atoms with van der Waals surface area (Å²) in [7, 11) is -3.23. The number of anilines is 2. The first-order valence-electron chi connectivity index (χ1n) is 4.68. The van der Waals surface area contributed by atoms with Gasteiger partial charge in [0.25, 0.3) is 0 Å². The fourth-order valence-electron chi connectivity index (χ4n) is 1.55. The van der Waals surface area contributed by atoms with Crippen LogP contribution in [0.4, 0.5) is 11.4 Å². The van der Waals surface area contributed by atoms with Gasteiger partial charge in [-0.2, -0.15) is 0 Å². The number of hydrogen-bond acceptors (Lipinski definition) is 4. The van der Waals surface area contributed by atoms with Gasteiger partial charge < -0.3 is 5.73 Å². The van der Waals surface area contributed by atoms with Crippen molar-refractivity contribution in [2.75, 3.05) is 16.3 Å². The predicted octanol–water partition coefficient (Wildman–Crippen LogP) is 0.592. The Labute approximate surface area is 89.0 Å². The number of nitrogens with zero attached hydrogens (tertiary/aromatic N) is 2. The molecule has 0 spiro atoms. The quantitative estimate of drug-likeness (QED) is 0.820. The minimum absolute atomic E-state index is 0.0867. The molecule has 0 saturated heterocycles. The van der Waals surface area contributed by atoms with Gasteiger partial charge in [0, 0.05) is 12.2 Å². The van der Waals surface area contributed by atoms with Gasteiger partial charge >= 0.3 is 0 Å². The molecule has 1 aliphatic carbocycles. The maximum absolute atomic E-state index is 11.6. The van der Waals surface area contributed by atoms with E-state index in [1.807, 2.05) is 0 Å². The van der Waals surface area contributed by atoms with Gasteiger partial charge in [0.2, 0.25) is 10.0 Å². The van der Waals surface area contributed by atoms with Crippen LogP contribution in [-0.2, 0) is 10.0 Å². The molecule has 1 aliphatic rings. The summed E-state index contributed by atoms with van der Waals surface area (Å²) >= 11 is 0. The van der Waals surface area contributed by atoms with Gasteiger partial charge in [-0.25, -0.2) is 8.42 Å². The number of nitrogens with two attached hydrogens (primary N) is 1. The molecule has 15 heavy (non-hydrogen) atoms. The van der Waals surface area contributed by atoms with Crippen molar-refractivity contribution in [1.82, 2.24) is 4.98 Å². The smallest absolute Gasteiger partial charge is 0.232 e. The molecule has 0 unspecified atom stereocenters. The van der Waals surface area contributed by atoms with Gasteiger partial charge in [0.1, 0.15) is 0 Å². The van der Waals surface area contributed by atoms with Crippen LogP contribution in [0.2, 0.25) is 0 Å². The lowest BCUT2D eigenvalue weighted by molar-refractivity contribution is 0.596. The molecular weight excluding hydrogens is 214 g/mol. The zero-order valence-electron chi connectivity index (χ0n) is 8.42. The van der Waals surface area contributed by atoms with Crippen LogP contribution in [0.5, 0.6) is 0 Å². The molecule has 0 atom stereocenters. The summed E-state index contributed by atoms with van der Waals surface area (Å²) in [6.07, 6.45) is 6.03. The van der Waals surface area contributed by atoms with Crippen molar-refractivity contribution in [2.24, 2.45) is 0 Å². The van der Waals surface area contributed by atoms with Crippen LogP contribution in [0.1, 0.15) is 12.8 Å². The molecule has 0 aliphatic heterocycles. The first-order valence-corrected chi connectivity index (χ1v) is 6.53. The van der Waals surface area contributed by atoms with Crippen LogP contribution in [0.3, 0.4) is 0 Å². The standard InChI is InChI=1S/C9H13N3O2S/c1-15(13,14)12(8-2-3-8)9-4-7(10)5-11-6-9/h4-6,8H,2-3,10H2,1H3. The molecule has 0 radical (unpaired) electrons. The highest BCUT2D eigenvalue weighted by atomic mass is 32.2. The van der Waals surface area contributed by atoms with E-state index in [4.69, 9.17) is 5.73 Å². The summed E-state index contributed by atoms with van der Waals surface area (Å²) in [4.78, 5) is 3.90. The summed E-state index contributed by atoms with van der Waals surface area (Å²) in [6.45, 7) is 0. The number of pyridine rings is 1. The van der Waals surface area contributed by atoms with E-state index in [2.05, 4.69) is 4.98 Å². The number of hydrogen-bond donors (Lipinski definition) is 1. The Bertz CT molecular complexity index is 468. The Balaban J connectivity index is 2.41. The number of nitrogen functional groups attached to an aromatic ring is 1. The second-order valence-electron chi connectivity index (χ2n) is 3.77. The summed E-state index contributed by atoms with van der Waals surface area (Å²) < 4.78 is 24.6. The molecule has 1 saturated carbocycles. The average molecular weight is 227 g/mol. The average Bonchev–Trinajstić information content (AvgIpc) is 2.86. The molecular formula is C9H13N3O2S. The predicted molar refractivity (Wildman–Crippen MR) is 59.0 cm³/mol. The largest absolute Gasteiger partial charge is 0.397 e. The molecule has 1 aromatic heterocycles. The van der Waals surface area contributed by atoms with E-state index >= 15 is 0 Å². The van der Waals surface area contributed by atoms with Crippen molar-refractivity contribution in [1.29, 1.82) is 0 Å². The molecule has 6 heteroatoms. The van der Waals surface area contributed by atoms with Crippen LogP contribution >= 0.6 is 0 Å². The third-order valence-electron chi connectivity index (χ3n) is 2.24. The highest BCUT2D eigenvalue weighted by Gasteiger charge is 2.35. The Morgan fingerprint density at radius 3 is 2.60 bits per heavy atom. The fraction of sp³-hybridized carbons (Fsp3) is 0.444. The van der Waals surface area contributed by atoms with Gasteiger partial charge in [0.15, 0.2) is 0 Å². The van der Waals surface area contributed by atoms with Gasteiger partial charge in [0.05, 0.1) is 23.8 Å². The van der Waals surface area contributed by atoms with Gasteiger partial charge in [-0.3, -0.25) is 9.29 Å². The minimum Gasteiger partial charge on any atom is -0.397 e. The van der Waals surface area contributed by atoms with Crippen molar-refractivity contribution in [3.63, 3.8) is 0 Å². The Hall–Kier alpha value is -1.30. The SMILES string of the molecule is CS(=O)(=O)N(c1cncc(N)c1)C1CC1. The van der Waals surface area contributed by atoms with Gasteiger partial charge in [-0.15, -0.1) is 0 Å². The highest BCUT2D eigenvalue weighted by Crippen LogP contribution is 2.33. The zero-order valence-corrected chi connectivity index (χ0v) is 9.24. The molecule has 0 aromatic carbocycles. The first kappa shape index (κ1) is 10.2. The van der Waals surface area contributed by atoms with E-state index in [-0.39, 0.29) is 6.04 Å². The van der Waals surface area contributed by atoms with Crippen molar-refractivity contribution in [3.8, 4) is 0 Å². The van der Waals surface area contributed by atoms with Crippen molar-refractivity contribution >= 4 is 21.4 Å². The van der Waals surface area contributed by atoms with Crippen LogP contribution < -0.4 is 10.0 Å². The molecule has 1 heterocycles. The maximum atomic E-state index is 11.6. The van der Waals surface area contributed by atoms with E-state index in [1.165, 1.54) is 23.0 Å². The molecule has 1 aromatic rings. The molecule has 2 N–H and O–H groups in total. The lowest BCUT2D eigenvalue weighted by Gasteiger charge is -2.21. The third-order valence-corrected chi connectivity index (χ3v) is 3.46. The van der Waals surface area contributed by atoms with Crippen molar-refractivity contribution in [3.05, 3.63) is 18.5 Å². The molecule has 2 rings (SSSR count). The van der Waals surface area contributed by atoms with Gasteiger partial charge in [-0.05, 0) is 18.9 Å². The van der Waals surface area contributed by atoms with Crippen LogP contribution in [-0.4, -0.2) is 25.7 Å². The summed E-state index contributed by atoms with van der Waals surface area (Å²) in [5, 5.41) is 0. The second-order valence-corrected chi connectivity index (χ2v) is 5.63. The number of aromatic nitrogens is 1. The normalized spacial score (nSPS) is 16.3. The van der Waals surface area contributed by atoms with E-state index < -0.39 is 10.0 Å². The van der Waals surface area contributed by atoms with Crippen molar-refractivity contribution < 1.29 is 8.42 Å². The molecule has 0 amide bonds. The van der Waals surface area contributed by atoms with Crippen LogP contribution in [0, 0.1) is 0 Å². The number of sulfonamides is 1. The molecule has 82 valence electrons. The lowest BCUT2D eigenvalue weighted by Crippen LogP contribution is -2.32. The van der Waals surface area contributed by atoms with Crippen molar-refractivity contribution in [2.45, 2.75) is 18.9 Å². The molecule has 1 fully saturated rings. The molecule has 0 bridgehead atoms. The highest BCUT2D eigenvalue weighted by molar-refractivity contribution is 7.92.